The zero-order valence-electron chi connectivity index (χ0n) is 10.2. The lowest BCUT2D eigenvalue weighted by Crippen LogP contribution is -2.45. The summed E-state index contributed by atoms with van der Waals surface area (Å²) in [5.41, 5.74) is 0.813. The number of ether oxygens (including phenoxy) is 1. The van der Waals surface area contributed by atoms with Crippen molar-refractivity contribution in [2.24, 2.45) is 0 Å². The summed E-state index contributed by atoms with van der Waals surface area (Å²) >= 11 is 0. The maximum atomic E-state index is 11.8. The topological polar surface area (TPSA) is 29.5 Å². The van der Waals surface area contributed by atoms with Crippen LogP contribution in [0.15, 0.2) is 12.2 Å². The van der Waals surface area contributed by atoms with Gasteiger partial charge >= 0.3 is 6.09 Å². The summed E-state index contributed by atoms with van der Waals surface area (Å²) in [6, 6.07) is 0.209. The Bertz CT molecular complexity index is 265. The first-order valence-electron chi connectivity index (χ1n) is 5.46. The number of carbonyl (C=O) groups is 1. The highest BCUT2D eigenvalue weighted by Gasteiger charge is 2.28. The molecular formula is C12H21NO2. The summed E-state index contributed by atoms with van der Waals surface area (Å²) in [5.74, 6) is 0. The zero-order chi connectivity index (χ0) is 11.6. The predicted molar refractivity (Wildman–Crippen MR) is 60.8 cm³/mol. The highest BCUT2D eigenvalue weighted by atomic mass is 16.6. The van der Waals surface area contributed by atoms with E-state index in [0.717, 1.165) is 19.4 Å². The molecule has 0 radical (unpaired) electrons. The molecule has 3 heteroatoms. The van der Waals surface area contributed by atoms with Crippen LogP contribution in [0.5, 0.6) is 0 Å². The summed E-state index contributed by atoms with van der Waals surface area (Å²) < 4.78 is 5.34. The number of carbonyl (C=O) groups excluding carboxylic acids is 1. The molecule has 1 amide bonds. The Morgan fingerprint density at radius 2 is 2.13 bits per heavy atom. The van der Waals surface area contributed by atoms with Gasteiger partial charge in [-0.15, -0.1) is 0 Å². The Morgan fingerprint density at radius 1 is 1.53 bits per heavy atom. The third kappa shape index (κ3) is 3.57. The summed E-state index contributed by atoms with van der Waals surface area (Å²) in [5, 5.41) is 0. The number of amides is 1. The monoisotopic (exact) mass is 211 g/mol. The molecular weight excluding hydrogens is 190 g/mol. The summed E-state index contributed by atoms with van der Waals surface area (Å²) in [6.45, 7) is 12.4. The van der Waals surface area contributed by atoms with E-state index >= 15 is 0 Å². The van der Waals surface area contributed by atoms with Crippen LogP contribution in [0.2, 0.25) is 0 Å². The van der Waals surface area contributed by atoms with Gasteiger partial charge in [0, 0.05) is 12.6 Å². The largest absolute Gasteiger partial charge is 0.444 e. The molecule has 1 atom stereocenters. The van der Waals surface area contributed by atoms with Crippen LogP contribution < -0.4 is 0 Å². The van der Waals surface area contributed by atoms with Crippen LogP contribution >= 0.6 is 0 Å². The van der Waals surface area contributed by atoms with Crippen LogP contribution in [0.3, 0.4) is 0 Å². The Morgan fingerprint density at radius 3 is 2.60 bits per heavy atom. The first-order chi connectivity index (χ1) is 6.79. The average molecular weight is 211 g/mol. The second-order valence-electron chi connectivity index (χ2n) is 5.23. The lowest BCUT2D eigenvalue weighted by Gasteiger charge is -2.35. The van der Waals surface area contributed by atoms with Crippen molar-refractivity contribution in [3.63, 3.8) is 0 Å². The molecule has 0 unspecified atom stereocenters. The Kier molecular flexibility index (Phi) is 3.42. The quantitative estimate of drug-likeness (QED) is 0.576. The van der Waals surface area contributed by atoms with Crippen molar-refractivity contribution in [3.05, 3.63) is 12.2 Å². The van der Waals surface area contributed by atoms with Crippen LogP contribution in [0, 0.1) is 0 Å². The van der Waals surface area contributed by atoms with E-state index in [0.29, 0.717) is 0 Å². The second-order valence-corrected chi connectivity index (χ2v) is 5.23. The number of rotatable bonds is 0. The van der Waals surface area contributed by atoms with Gasteiger partial charge in [0.15, 0.2) is 0 Å². The van der Waals surface area contributed by atoms with Gasteiger partial charge in [0.2, 0.25) is 0 Å². The normalized spacial score (nSPS) is 22.8. The number of hydrogen-bond donors (Lipinski definition) is 0. The molecule has 0 bridgehead atoms. The predicted octanol–water partition coefficient (Wildman–Crippen LogP) is 2.96. The van der Waals surface area contributed by atoms with Gasteiger partial charge in [0.05, 0.1) is 0 Å². The van der Waals surface area contributed by atoms with Crippen molar-refractivity contribution in [3.8, 4) is 0 Å². The van der Waals surface area contributed by atoms with Gasteiger partial charge in [0.1, 0.15) is 5.60 Å². The van der Waals surface area contributed by atoms with E-state index in [1.54, 1.807) is 4.90 Å². The van der Waals surface area contributed by atoms with Crippen molar-refractivity contribution < 1.29 is 9.53 Å². The van der Waals surface area contributed by atoms with Gasteiger partial charge in [-0.1, -0.05) is 12.2 Å². The molecule has 15 heavy (non-hydrogen) atoms. The van der Waals surface area contributed by atoms with Gasteiger partial charge < -0.3 is 9.64 Å². The molecule has 1 rings (SSSR count). The zero-order valence-corrected chi connectivity index (χ0v) is 10.2. The van der Waals surface area contributed by atoms with Crippen molar-refractivity contribution in [2.45, 2.75) is 52.2 Å². The Hall–Kier alpha value is -0.990. The van der Waals surface area contributed by atoms with Crippen LogP contribution in [0.4, 0.5) is 4.79 Å². The first-order valence-corrected chi connectivity index (χ1v) is 5.46. The lowest BCUT2D eigenvalue weighted by atomic mass is 10.00. The first kappa shape index (κ1) is 12.1. The maximum absolute atomic E-state index is 11.8. The van der Waals surface area contributed by atoms with Crippen molar-refractivity contribution in [1.29, 1.82) is 0 Å². The van der Waals surface area contributed by atoms with Gasteiger partial charge in [0.25, 0.3) is 0 Å². The molecule has 0 aromatic carbocycles. The van der Waals surface area contributed by atoms with Crippen LogP contribution in [-0.4, -0.2) is 29.2 Å². The van der Waals surface area contributed by atoms with Crippen LogP contribution in [0.1, 0.15) is 40.5 Å². The lowest BCUT2D eigenvalue weighted by molar-refractivity contribution is 0.0152. The smallest absolute Gasteiger partial charge is 0.410 e. The fourth-order valence-electron chi connectivity index (χ4n) is 1.72. The van der Waals surface area contributed by atoms with Gasteiger partial charge in [-0.05, 0) is 40.5 Å². The molecule has 0 N–H and O–H groups in total. The minimum atomic E-state index is -0.411. The van der Waals surface area contributed by atoms with E-state index in [-0.39, 0.29) is 12.1 Å². The summed E-state index contributed by atoms with van der Waals surface area (Å²) in [4.78, 5) is 13.6. The van der Waals surface area contributed by atoms with E-state index < -0.39 is 5.60 Å². The van der Waals surface area contributed by atoms with E-state index in [4.69, 9.17) is 4.74 Å². The fraction of sp³-hybridized carbons (Fsp3) is 0.750. The molecule has 1 fully saturated rings. The minimum absolute atomic E-state index is 0.206. The average Bonchev–Trinajstić information content (AvgIpc) is 1.99. The van der Waals surface area contributed by atoms with Gasteiger partial charge in [-0.25, -0.2) is 4.79 Å². The molecule has 0 saturated carbocycles. The molecule has 86 valence electrons. The molecule has 1 aliphatic rings. The van der Waals surface area contributed by atoms with E-state index in [9.17, 15) is 4.79 Å². The highest BCUT2D eigenvalue weighted by Crippen LogP contribution is 2.22. The number of piperidine rings is 1. The third-order valence-electron chi connectivity index (χ3n) is 2.45. The van der Waals surface area contributed by atoms with Crippen LogP contribution in [0.25, 0.3) is 0 Å². The van der Waals surface area contributed by atoms with Crippen molar-refractivity contribution in [2.75, 3.05) is 6.54 Å². The Balaban J connectivity index is 2.56. The highest BCUT2D eigenvalue weighted by molar-refractivity contribution is 5.68. The van der Waals surface area contributed by atoms with E-state index in [2.05, 4.69) is 6.58 Å². The van der Waals surface area contributed by atoms with Gasteiger partial charge in [-0.2, -0.15) is 0 Å². The molecule has 1 heterocycles. The molecule has 3 nitrogen and oxygen atoms in total. The van der Waals surface area contributed by atoms with Crippen LogP contribution in [-0.2, 0) is 4.74 Å². The maximum Gasteiger partial charge on any atom is 0.410 e. The number of nitrogens with zero attached hydrogens (tertiary/aromatic N) is 1. The Labute approximate surface area is 92.1 Å². The van der Waals surface area contributed by atoms with Crippen molar-refractivity contribution >= 4 is 6.09 Å². The molecule has 0 aliphatic carbocycles. The summed E-state index contributed by atoms with van der Waals surface area (Å²) in [6.07, 6.45) is 1.57. The van der Waals surface area contributed by atoms with Crippen molar-refractivity contribution in [1.82, 2.24) is 4.90 Å². The third-order valence-corrected chi connectivity index (χ3v) is 2.45. The number of likely N-dealkylation sites (tertiary alicyclic amines) is 1. The van der Waals surface area contributed by atoms with E-state index in [1.165, 1.54) is 5.57 Å². The fourth-order valence-corrected chi connectivity index (χ4v) is 1.72. The molecule has 0 spiro atoms. The van der Waals surface area contributed by atoms with Gasteiger partial charge in [-0.3, -0.25) is 0 Å². The molecule has 1 aliphatic heterocycles. The molecule has 0 aromatic heterocycles. The SMILES string of the molecule is C=C1CCN(C(=O)OC(C)(C)C)[C@H](C)C1. The second kappa shape index (κ2) is 4.25. The number of hydrogen-bond acceptors (Lipinski definition) is 2. The minimum Gasteiger partial charge on any atom is -0.444 e. The molecule has 0 aromatic rings. The van der Waals surface area contributed by atoms with E-state index in [1.807, 2.05) is 27.7 Å². The molecule has 1 saturated heterocycles. The standard InChI is InChI=1S/C12H21NO2/c1-9-6-7-13(10(2)8-9)11(14)15-12(3,4)5/h10H,1,6-8H2,2-5H3/t10-/m1/s1. The summed E-state index contributed by atoms with van der Waals surface area (Å²) in [7, 11) is 0.